The molecule has 0 spiro atoms. The van der Waals surface area contributed by atoms with Crippen molar-refractivity contribution < 1.29 is 13.2 Å². The molecular weight excluding hydrogens is 478 g/mol. The number of likely N-dealkylation sites (N-methyl/N-ethyl adjacent to an activating group) is 1. The third kappa shape index (κ3) is 6.12. The lowest BCUT2D eigenvalue weighted by Gasteiger charge is -2.24. The van der Waals surface area contributed by atoms with Crippen molar-refractivity contribution in [1.82, 2.24) is 9.88 Å². The predicted molar refractivity (Wildman–Crippen MR) is 140 cm³/mol. The summed E-state index contributed by atoms with van der Waals surface area (Å²) in [5.74, 6) is -0.146. The highest BCUT2D eigenvalue weighted by atomic mass is 35.5. The first-order valence-corrected chi connectivity index (χ1v) is 13.4. The van der Waals surface area contributed by atoms with E-state index in [1.165, 1.54) is 29.0 Å². The number of aryl methyl sites for hydroxylation is 2. The molecule has 1 heterocycles. The SMILES string of the molecule is CCN(CC)CCN(C(=O)c1ccc(S(=O)(=O)CC)cc1)c1nc2c(C)cc(C)cc2s1.Cl. The average molecular weight is 510 g/mol. The standard InChI is InChI=1S/C24H31N3O3S2.ClH/c1-6-26(7-2)13-14-27(24-25-22-18(5)15-17(4)16-21(22)31-24)23(28)19-9-11-20(12-10-19)32(29,30)8-3;/h9-12,15-16H,6-8,13-14H2,1-5H3;1H. The summed E-state index contributed by atoms with van der Waals surface area (Å²) in [6, 6.07) is 10.4. The van der Waals surface area contributed by atoms with E-state index in [0.717, 1.165) is 35.4 Å². The number of rotatable bonds is 9. The zero-order valence-corrected chi connectivity index (χ0v) is 22.2. The third-order valence-electron chi connectivity index (χ3n) is 5.67. The van der Waals surface area contributed by atoms with E-state index in [9.17, 15) is 13.2 Å². The van der Waals surface area contributed by atoms with Gasteiger partial charge in [0.25, 0.3) is 5.91 Å². The Morgan fingerprint density at radius 3 is 2.21 bits per heavy atom. The summed E-state index contributed by atoms with van der Waals surface area (Å²) < 4.78 is 25.3. The van der Waals surface area contributed by atoms with Crippen LogP contribution in [0.5, 0.6) is 0 Å². The Morgan fingerprint density at radius 1 is 1.00 bits per heavy atom. The van der Waals surface area contributed by atoms with Crippen LogP contribution in [-0.4, -0.2) is 56.1 Å². The van der Waals surface area contributed by atoms with Crippen molar-refractivity contribution >= 4 is 54.8 Å². The van der Waals surface area contributed by atoms with Crippen molar-refractivity contribution in [3.05, 3.63) is 53.1 Å². The monoisotopic (exact) mass is 509 g/mol. The lowest BCUT2D eigenvalue weighted by molar-refractivity contribution is 0.0983. The molecule has 1 amide bonds. The molecule has 9 heteroatoms. The molecule has 0 saturated carbocycles. The molecule has 0 bridgehead atoms. The second kappa shape index (κ2) is 11.4. The van der Waals surface area contributed by atoms with Gasteiger partial charge in [-0.1, -0.05) is 38.2 Å². The predicted octanol–water partition coefficient (Wildman–Crippen LogP) is 5.12. The minimum atomic E-state index is -3.31. The normalized spacial score (nSPS) is 11.6. The van der Waals surface area contributed by atoms with Crippen LogP contribution in [0.4, 0.5) is 5.13 Å². The molecule has 33 heavy (non-hydrogen) atoms. The van der Waals surface area contributed by atoms with Crippen LogP contribution < -0.4 is 4.90 Å². The Morgan fingerprint density at radius 2 is 1.64 bits per heavy atom. The first-order chi connectivity index (χ1) is 15.2. The number of carbonyl (C=O) groups is 1. The van der Waals surface area contributed by atoms with E-state index in [1.807, 2.05) is 6.92 Å². The molecular formula is C24H32ClN3O3S2. The molecule has 0 N–H and O–H groups in total. The van der Waals surface area contributed by atoms with E-state index >= 15 is 0 Å². The van der Waals surface area contributed by atoms with Gasteiger partial charge >= 0.3 is 0 Å². The molecule has 0 aliphatic rings. The Hall–Kier alpha value is -2.00. The molecule has 0 saturated heterocycles. The summed E-state index contributed by atoms with van der Waals surface area (Å²) in [4.78, 5) is 22.5. The fourth-order valence-electron chi connectivity index (χ4n) is 3.67. The summed E-state index contributed by atoms with van der Waals surface area (Å²) in [5.41, 5.74) is 3.62. The topological polar surface area (TPSA) is 70.6 Å². The van der Waals surface area contributed by atoms with Crippen molar-refractivity contribution in [3.63, 3.8) is 0 Å². The Bertz CT molecular complexity index is 1200. The van der Waals surface area contributed by atoms with Crippen molar-refractivity contribution in [2.45, 2.75) is 39.5 Å². The zero-order valence-electron chi connectivity index (χ0n) is 19.8. The first-order valence-electron chi connectivity index (χ1n) is 10.9. The molecule has 0 fully saturated rings. The van der Waals surface area contributed by atoms with Gasteiger partial charge < -0.3 is 4.90 Å². The van der Waals surface area contributed by atoms with Gasteiger partial charge in [-0.25, -0.2) is 13.4 Å². The van der Waals surface area contributed by atoms with E-state index < -0.39 is 9.84 Å². The minimum Gasteiger partial charge on any atom is -0.302 e. The van der Waals surface area contributed by atoms with Gasteiger partial charge in [-0.05, 0) is 68.4 Å². The molecule has 0 atom stereocenters. The van der Waals surface area contributed by atoms with Crippen molar-refractivity contribution in [2.75, 3.05) is 36.8 Å². The van der Waals surface area contributed by atoms with Gasteiger partial charge in [0.1, 0.15) is 0 Å². The van der Waals surface area contributed by atoms with E-state index in [-0.39, 0.29) is 29.0 Å². The number of thiazole rings is 1. The van der Waals surface area contributed by atoms with E-state index in [1.54, 1.807) is 24.0 Å². The lowest BCUT2D eigenvalue weighted by Crippen LogP contribution is -2.38. The molecule has 180 valence electrons. The fourth-order valence-corrected chi connectivity index (χ4v) is 5.72. The Kier molecular flexibility index (Phi) is 9.43. The summed E-state index contributed by atoms with van der Waals surface area (Å²) in [7, 11) is -3.31. The van der Waals surface area contributed by atoms with Gasteiger partial charge in [0.15, 0.2) is 15.0 Å². The molecule has 0 aliphatic carbocycles. The molecule has 1 aromatic heterocycles. The highest BCUT2D eigenvalue weighted by Crippen LogP contribution is 2.32. The number of anilines is 1. The van der Waals surface area contributed by atoms with Crippen molar-refractivity contribution in [3.8, 4) is 0 Å². The van der Waals surface area contributed by atoms with Gasteiger partial charge in [-0.15, -0.1) is 12.4 Å². The Balaban J connectivity index is 0.00000385. The summed E-state index contributed by atoms with van der Waals surface area (Å²) in [5, 5.41) is 0.663. The van der Waals surface area contributed by atoms with Crippen LogP contribution in [0, 0.1) is 13.8 Å². The van der Waals surface area contributed by atoms with Gasteiger partial charge in [-0.3, -0.25) is 9.69 Å². The summed E-state index contributed by atoms with van der Waals surface area (Å²) in [6.45, 7) is 13.0. The van der Waals surface area contributed by atoms with E-state index in [0.29, 0.717) is 17.2 Å². The number of hydrogen-bond donors (Lipinski definition) is 0. The van der Waals surface area contributed by atoms with Crippen LogP contribution in [0.25, 0.3) is 10.2 Å². The third-order valence-corrected chi connectivity index (χ3v) is 8.45. The molecule has 3 aromatic rings. The molecule has 3 rings (SSSR count). The maximum Gasteiger partial charge on any atom is 0.260 e. The maximum atomic E-state index is 13.5. The number of carbonyl (C=O) groups excluding carboxylic acids is 1. The highest BCUT2D eigenvalue weighted by molar-refractivity contribution is 7.91. The highest BCUT2D eigenvalue weighted by Gasteiger charge is 2.23. The van der Waals surface area contributed by atoms with Crippen LogP contribution in [-0.2, 0) is 9.84 Å². The number of halogens is 1. The summed E-state index contributed by atoms with van der Waals surface area (Å²) >= 11 is 1.51. The number of hydrogen-bond acceptors (Lipinski definition) is 6. The molecule has 0 aliphatic heterocycles. The van der Waals surface area contributed by atoms with Crippen LogP contribution >= 0.6 is 23.7 Å². The van der Waals surface area contributed by atoms with Crippen LogP contribution in [0.2, 0.25) is 0 Å². The number of fused-ring (bicyclic) bond motifs is 1. The zero-order chi connectivity index (χ0) is 23.5. The number of aromatic nitrogens is 1. The minimum absolute atomic E-state index is 0. The van der Waals surface area contributed by atoms with Gasteiger partial charge in [0, 0.05) is 18.7 Å². The Labute approximate surface area is 207 Å². The first kappa shape index (κ1) is 27.2. The summed E-state index contributed by atoms with van der Waals surface area (Å²) in [6.07, 6.45) is 0. The smallest absolute Gasteiger partial charge is 0.260 e. The maximum absolute atomic E-state index is 13.5. The van der Waals surface area contributed by atoms with Gasteiger partial charge in [0.2, 0.25) is 0 Å². The van der Waals surface area contributed by atoms with Gasteiger partial charge in [0.05, 0.1) is 20.9 Å². The van der Waals surface area contributed by atoms with Crippen molar-refractivity contribution in [2.24, 2.45) is 0 Å². The molecule has 0 radical (unpaired) electrons. The number of benzene rings is 2. The largest absolute Gasteiger partial charge is 0.302 e. The second-order valence-corrected chi connectivity index (χ2v) is 11.1. The van der Waals surface area contributed by atoms with Gasteiger partial charge in [-0.2, -0.15) is 0 Å². The molecule has 6 nitrogen and oxygen atoms in total. The van der Waals surface area contributed by atoms with E-state index in [4.69, 9.17) is 4.98 Å². The van der Waals surface area contributed by atoms with Crippen LogP contribution in [0.1, 0.15) is 42.3 Å². The lowest BCUT2D eigenvalue weighted by atomic mass is 10.1. The van der Waals surface area contributed by atoms with E-state index in [2.05, 4.69) is 37.8 Å². The quantitative estimate of drug-likeness (QED) is 0.400. The molecule has 2 aromatic carbocycles. The van der Waals surface area contributed by atoms with Crippen molar-refractivity contribution in [1.29, 1.82) is 0 Å². The number of sulfone groups is 1. The average Bonchev–Trinajstić information content (AvgIpc) is 3.20. The van der Waals surface area contributed by atoms with Crippen LogP contribution in [0.15, 0.2) is 41.3 Å². The second-order valence-electron chi connectivity index (χ2n) is 7.84. The van der Waals surface area contributed by atoms with Crippen LogP contribution in [0.3, 0.4) is 0 Å². The molecule has 0 unspecified atom stereocenters. The number of nitrogens with zero attached hydrogens (tertiary/aromatic N) is 3. The fraction of sp³-hybridized carbons (Fsp3) is 0.417. The number of amides is 1.